The lowest BCUT2D eigenvalue weighted by Crippen LogP contribution is -2.03. The molecule has 0 spiro atoms. The molecule has 2 aromatic carbocycles. The fraction of sp³-hybridized carbons (Fsp3) is 0.118. The number of nitrogens with zero attached hydrogens (tertiary/aromatic N) is 2. The summed E-state index contributed by atoms with van der Waals surface area (Å²) in [5.41, 5.74) is 1.05. The lowest BCUT2D eigenvalue weighted by atomic mass is 10.2. The van der Waals surface area contributed by atoms with Gasteiger partial charge in [0.2, 0.25) is 0 Å². The van der Waals surface area contributed by atoms with Crippen molar-refractivity contribution in [2.45, 2.75) is 17.2 Å². The molecule has 0 N–H and O–H groups in total. The predicted octanol–water partition coefficient (Wildman–Crippen LogP) is 6.18. The van der Waals surface area contributed by atoms with Crippen molar-refractivity contribution in [3.63, 3.8) is 0 Å². The summed E-state index contributed by atoms with van der Waals surface area (Å²) in [4.78, 5) is 5.49. The van der Waals surface area contributed by atoms with Crippen molar-refractivity contribution in [3.05, 3.63) is 81.3 Å². The van der Waals surface area contributed by atoms with E-state index in [4.69, 9.17) is 34.8 Å². The maximum atomic E-state index is 6.19. The molecule has 1 heterocycles. The van der Waals surface area contributed by atoms with Gasteiger partial charge in [-0.1, -0.05) is 46.9 Å². The molecule has 3 rings (SSSR count). The quantitative estimate of drug-likeness (QED) is 0.489. The second kappa shape index (κ2) is 7.63. The SMILES string of the molecule is Clc1cc(Cl)cc(Cn2ccnc2CSc2ccccc2Cl)c1. The Labute approximate surface area is 154 Å². The Bertz CT molecular complexity index is 797. The van der Waals surface area contributed by atoms with E-state index in [1.807, 2.05) is 42.6 Å². The molecule has 0 atom stereocenters. The Hall–Kier alpha value is -1.13. The Morgan fingerprint density at radius 1 is 1.00 bits per heavy atom. The Morgan fingerprint density at radius 2 is 1.74 bits per heavy atom. The third-order valence-electron chi connectivity index (χ3n) is 3.27. The monoisotopic (exact) mass is 382 g/mol. The number of rotatable bonds is 5. The van der Waals surface area contributed by atoms with Crippen LogP contribution in [0, 0.1) is 0 Å². The summed E-state index contributed by atoms with van der Waals surface area (Å²) in [7, 11) is 0. The minimum atomic E-state index is 0.639. The number of thioether (sulfide) groups is 1. The van der Waals surface area contributed by atoms with E-state index in [1.54, 1.807) is 24.0 Å². The lowest BCUT2D eigenvalue weighted by Gasteiger charge is -2.09. The molecule has 0 radical (unpaired) electrons. The molecule has 0 unspecified atom stereocenters. The first kappa shape index (κ1) is 16.7. The van der Waals surface area contributed by atoms with Gasteiger partial charge in [-0.15, -0.1) is 11.8 Å². The molecule has 0 bridgehead atoms. The molecule has 2 nitrogen and oxygen atoms in total. The highest BCUT2D eigenvalue weighted by atomic mass is 35.5. The average molecular weight is 384 g/mol. The largest absolute Gasteiger partial charge is 0.330 e. The molecule has 118 valence electrons. The number of benzene rings is 2. The highest BCUT2D eigenvalue weighted by Gasteiger charge is 2.07. The van der Waals surface area contributed by atoms with Crippen LogP contribution in [0.5, 0.6) is 0 Å². The van der Waals surface area contributed by atoms with Crippen LogP contribution in [0.4, 0.5) is 0 Å². The van der Waals surface area contributed by atoms with Gasteiger partial charge in [0.25, 0.3) is 0 Å². The fourth-order valence-electron chi connectivity index (χ4n) is 2.23. The first-order valence-corrected chi connectivity index (χ1v) is 9.06. The molecule has 0 fully saturated rings. The topological polar surface area (TPSA) is 17.8 Å². The van der Waals surface area contributed by atoms with Gasteiger partial charge in [0.15, 0.2) is 0 Å². The maximum absolute atomic E-state index is 6.19. The summed E-state index contributed by atoms with van der Waals surface area (Å²) in [6.45, 7) is 0.679. The van der Waals surface area contributed by atoms with Gasteiger partial charge < -0.3 is 4.57 Å². The third kappa shape index (κ3) is 4.45. The fourth-order valence-corrected chi connectivity index (χ4v) is 4.00. The Kier molecular flexibility index (Phi) is 5.54. The van der Waals surface area contributed by atoms with Gasteiger partial charge in [-0.25, -0.2) is 4.98 Å². The first-order chi connectivity index (χ1) is 11.1. The highest BCUT2D eigenvalue weighted by Crippen LogP contribution is 2.29. The zero-order valence-corrected chi connectivity index (χ0v) is 15.1. The van der Waals surface area contributed by atoms with Crippen LogP contribution in [0.2, 0.25) is 15.1 Å². The summed E-state index contributed by atoms with van der Waals surface area (Å²) in [6.07, 6.45) is 3.76. The van der Waals surface area contributed by atoms with E-state index in [-0.39, 0.29) is 0 Å². The van der Waals surface area contributed by atoms with Crippen LogP contribution in [0.1, 0.15) is 11.4 Å². The van der Waals surface area contributed by atoms with Gasteiger partial charge in [-0.3, -0.25) is 0 Å². The molecule has 0 aliphatic carbocycles. The summed E-state index contributed by atoms with van der Waals surface area (Å²) in [5.74, 6) is 1.72. The van der Waals surface area contributed by atoms with Crippen molar-refractivity contribution in [1.82, 2.24) is 9.55 Å². The van der Waals surface area contributed by atoms with Gasteiger partial charge >= 0.3 is 0 Å². The van der Waals surface area contributed by atoms with Gasteiger partial charge in [0.05, 0.1) is 10.8 Å². The van der Waals surface area contributed by atoms with Crippen LogP contribution in [0.25, 0.3) is 0 Å². The first-order valence-electron chi connectivity index (χ1n) is 6.94. The molecule has 0 aliphatic rings. The van der Waals surface area contributed by atoms with Crippen LogP contribution in [-0.4, -0.2) is 9.55 Å². The van der Waals surface area contributed by atoms with E-state index < -0.39 is 0 Å². The van der Waals surface area contributed by atoms with E-state index in [0.717, 1.165) is 27.1 Å². The van der Waals surface area contributed by atoms with E-state index in [0.29, 0.717) is 16.6 Å². The second-order valence-corrected chi connectivity index (χ2v) is 7.27. The average Bonchev–Trinajstić information content (AvgIpc) is 2.92. The van der Waals surface area contributed by atoms with Crippen molar-refractivity contribution < 1.29 is 0 Å². The number of hydrogen-bond donors (Lipinski definition) is 0. The molecule has 23 heavy (non-hydrogen) atoms. The molecule has 0 amide bonds. The minimum absolute atomic E-state index is 0.639. The maximum Gasteiger partial charge on any atom is 0.119 e. The normalized spacial score (nSPS) is 10.9. The molecule has 1 aromatic heterocycles. The Balaban J connectivity index is 1.73. The van der Waals surface area contributed by atoms with Crippen LogP contribution < -0.4 is 0 Å². The number of hydrogen-bond acceptors (Lipinski definition) is 2. The molecular weight excluding hydrogens is 371 g/mol. The van der Waals surface area contributed by atoms with Crippen LogP contribution in [-0.2, 0) is 12.3 Å². The van der Waals surface area contributed by atoms with E-state index in [1.165, 1.54) is 0 Å². The van der Waals surface area contributed by atoms with Crippen molar-refractivity contribution in [3.8, 4) is 0 Å². The predicted molar refractivity (Wildman–Crippen MR) is 98.8 cm³/mol. The van der Waals surface area contributed by atoms with E-state index >= 15 is 0 Å². The van der Waals surface area contributed by atoms with Crippen molar-refractivity contribution in [2.75, 3.05) is 0 Å². The standard InChI is InChI=1S/C17H13Cl3N2S/c18-13-7-12(8-14(19)9-13)10-22-6-5-21-17(22)11-23-16-4-2-1-3-15(16)20/h1-9H,10-11H2. The van der Waals surface area contributed by atoms with E-state index in [2.05, 4.69) is 9.55 Å². The summed E-state index contributed by atoms with van der Waals surface area (Å²) in [5, 5.41) is 2.04. The zero-order valence-electron chi connectivity index (χ0n) is 12.0. The molecule has 6 heteroatoms. The summed E-state index contributed by atoms with van der Waals surface area (Å²) < 4.78 is 2.09. The Morgan fingerprint density at radius 3 is 2.48 bits per heavy atom. The highest BCUT2D eigenvalue weighted by molar-refractivity contribution is 7.98. The molecule has 0 aliphatic heterocycles. The van der Waals surface area contributed by atoms with E-state index in [9.17, 15) is 0 Å². The van der Waals surface area contributed by atoms with Crippen molar-refractivity contribution >= 4 is 46.6 Å². The second-order valence-electron chi connectivity index (χ2n) is 4.97. The smallest absolute Gasteiger partial charge is 0.119 e. The summed E-state index contributed by atoms with van der Waals surface area (Å²) >= 11 is 20.0. The molecular formula is C17H13Cl3N2S. The van der Waals surface area contributed by atoms with Crippen LogP contribution in [0.3, 0.4) is 0 Å². The van der Waals surface area contributed by atoms with Crippen LogP contribution >= 0.6 is 46.6 Å². The third-order valence-corrected chi connectivity index (χ3v) is 5.22. The van der Waals surface area contributed by atoms with Gasteiger partial charge in [-0.2, -0.15) is 0 Å². The number of halogens is 3. The lowest BCUT2D eigenvalue weighted by molar-refractivity contribution is 0.756. The zero-order chi connectivity index (χ0) is 16.2. The van der Waals surface area contributed by atoms with Crippen LogP contribution in [0.15, 0.2) is 59.8 Å². The van der Waals surface area contributed by atoms with Crippen molar-refractivity contribution in [2.24, 2.45) is 0 Å². The molecule has 0 saturated carbocycles. The number of imidazole rings is 1. The molecule has 0 saturated heterocycles. The summed E-state index contributed by atoms with van der Waals surface area (Å²) in [6, 6.07) is 13.4. The van der Waals surface area contributed by atoms with Gasteiger partial charge in [0, 0.05) is 33.9 Å². The minimum Gasteiger partial charge on any atom is -0.330 e. The van der Waals surface area contributed by atoms with Gasteiger partial charge in [-0.05, 0) is 35.9 Å². The van der Waals surface area contributed by atoms with Crippen molar-refractivity contribution in [1.29, 1.82) is 0 Å². The van der Waals surface area contributed by atoms with Gasteiger partial charge in [0.1, 0.15) is 5.82 Å². The molecule has 3 aromatic rings. The number of aromatic nitrogens is 2.